The second kappa shape index (κ2) is 10.1. The number of methoxy groups -OCH3 is 1. The van der Waals surface area contributed by atoms with Crippen LogP contribution in [0.1, 0.15) is 52.0 Å². The molecular weight excluding hydrogens is 412 g/mol. The van der Waals surface area contributed by atoms with E-state index in [2.05, 4.69) is 10.6 Å². The summed E-state index contributed by atoms with van der Waals surface area (Å²) in [6, 6.07) is 7.47. The van der Waals surface area contributed by atoms with Gasteiger partial charge in [-0.15, -0.1) is 11.3 Å². The molecule has 1 aromatic heterocycles. The summed E-state index contributed by atoms with van der Waals surface area (Å²) in [5.74, 6) is 0.399. The molecule has 0 spiro atoms. The highest BCUT2D eigenvalue weighted by molar-refractivity contribution is 7.17. The normalized spacial score (nSPS) is 18.0. The predicted octanol–water partition coefficient (Wildman–Crippen LogP) is 4.20. The fourth-order valence-corrected chi connectivity index (χ4v) is 5.32. The number of carbonyl (C=O) groups excluding carboxylic acids is 2. The Labute approximate surface area is 186 Å². The molecule has 31 heavy (non-hydrogen) atoms. The maximum Gasteiger partial charge on any atom is 0.254 e. The minimum atomic E-state index is -0.248. The minimum absolute atomic E-state index is 0.0869. The zero-order chi connectivity index (χ0) is 21.6. The first-order valence-electron chi connectivity index (χ1n) is 10.8. The van der Waals surface area contributed by atoms with Gasteiger partial charge in [-0.2, -0.15) is 0 Å². The van der Waals surface area contributed by atoms with Crippen molar-refractivity contribution in [3.05, 3.63) is 51.9 Å². The molecule has 2 N–H and O–H groups in total. The Kier molecular flexibility index (Phi) is 7.04. The molecule has 1 aliphatic heterocycles. The number of aryl methyl sites for hydroxylation is 1. The number of thiophene rings is 1. The van der Waals surface area contributed by atoms with Gasteiger partial charge in [0.25, 0.3) is 5.91 Å². The average Bonchev–Trinajstić information content (AvgIpc) is 3.44. The molecule has 1 atom stereocenters. The zero-order valence-corrected chi connectivity index (χ0v) is 18.6. The van der Waals surface area contributed by atoms with E-state index in [1.165, 1.54) is 22.3 Å². The number of hydrogen-bond acceptors (Lipinski definition) is 5. The van der Waals surface area contributed by atoms with Crippen LogP contribution < -0.4 is 15.4 Å². The van der Waals surface area contributed by atoms with Gasteiger partial charge in [0, 0.05) is 24.1 Å². The van der Waals surface area contributed by atoms with Gasteiger partial charge < -0.3 is 20.1 Å². The van der Waals surface area contributed by atoms with Crippen LogP contribution in [0.3, 0.4) is 0 Å². The molecule has 2 amide bonds. The third-order valence-electron chi connectivity index (χ3n) is 5.69. The monoisotopic (exact) mass is 440 g/mol. The van der Waals surface area contributed by atoms with Gasteiger partial charge in [0.15, 0.2) is 0 Å². The lowest BCUT2D eigenvalue weighted by Crippen LogP contribution is -2.32. The summed E-state index contributed by atoms with van der Waals surface area (Å²) in [6.07, 6.45) is 9.38. The summed E-state index contributed by atoms with van der Waals surface area (Å²) in [4.78, 5) is 26.8. The summed E-state index contributed by atoms with van der Waals surface area (Å²) in [5, 5.41) is 6.61. The summed E-state index contributed by atoms with van der Waals surface area (Å²) < 4.78 is 10.8. The van der Waals surface area contributed by atoms with Crippen molar-refractivity contribution in [2.24, 2.45) is 0 Å². The van der Waals surface area contributed by atoms with Crippen LogP contribution in [0.15, 0.2) is 30.3 Å². The van der Waals surface area contributed by atoms with Gasteiger partial charge in [-0.05, 0) is 67.9 Å². The van der Waals surface area contributed by atoms with Crippen molar-refractivity contribution in [2.75, 3.05) is 25.6 Å². The van der Waals surface area contributed by atoms with Gasteiger partial charge in [0.2, 0.25) is 5.91 Å². The fourth-order valence-electron chi connectivity index (χ4n) is 4.03. The summed E-state index contributed by atoms with van der Waals surface area (Å²) in [7, 11) is 1.62. The van der Waals surface area contributed by atoms with E-state index in [-0.39, 0.29) is 17.9 Å². The van der Waals surface area contributed by atoms with Crippen LogP contribution in [-0.2, 0) is 22.4 Å². The molecule has 164 valence electrons. The molecule has 0 saturated carbocycles. The highest BCUT2D eigenvalue weighted by Gasteiger charge is 2.27. The van der Waals surface area contributed by atoms with E-state index in [0.717, 1.165) is 62.0 Å². The van der Waals surface area contributed by atoms with Crippen LogP contribution in [-0.4, -0.2) is 38.2 Å². The number of anilines is 1. The topological polar surface area (TPSA) is 76.7 Å². The lowest BCUT2D eigenvalue weighted by Gasteiger charge is -2.15. The van der Waals surface area contributed by atoms with E-state index in [0.29, 0.717) is 17.1 Å². The Morgan fingerprint density at radius 1 is 1.19 bits per heavy atom. The van der Waals surface area contributed by atoms with E-state index in [4.69, 9.17) is 9.47 Å². The number of carbonyl (C=O) groups is 2. The second-order valence-corrected chi connectivity index (χ2v) is 8.96. The smallest absolute Gasteiger partial charge is 0.254 e. The molecular formula is C24H28N2O4S. The molecule has 4 rings (SSSR count). The molecule has 2 aliphatic rings. The molecule has 7 heteroatoms. The first-order chi connectivity index (χ1) is 15.1. The molecule has 1 aromatic carbocycles. The van der Waals surface area contributed by atoms with Gasteiger partial charge in [0.1, 0.15) is 10.8 Å². The molecule has 0 bridgehead atoms. The Morgan fingerprint density at radius 3 is 2.74 bits per heavy atom. The van der Waals surface area contributed by atoms with Crippen molar-refractivity contribution in [3.63, 3.8) is 0 Å². The van der Waals surface area contributed by atoms with Crippen LogP contribution in [0.2, 0.25) is 0 Å². The fraction of sp³-hybridized carbons (Fsp3) is 0.417. The maximum atomic E-state index is 13.0. The minimum Gasteiger partial charge on any atom is -0.497 e. The van der Waals surface area contributed by atoms with E-state index < -0.39 is 0 Å². The highest BCUT2D eigenvalue weighted by atomic mass is 32.1. The van der Waals surface area contributed by atoms with Crippen LogP contribution in [0.5, 0.6) is 5.75 Å². The maximum absolute atomic E-state index is 13.0. The van der Waals surface area contributed by atoms with Gasteiger partial charge in [0.05, 0.1) is 18.8 Å². The molecule has 2 aromatic rings. The molecule has 1 saturated heterocycles. The quantitative estimate of drug-likeness (QED) is 0.633. The zero-order valence-electron chi connectivity index (χ0n) is 17.7. The summed E-state index contributed by atoms with van der Waals surface area (Å²) >= 11 is 1.53. The summed E-state index contributed by atoms with van der Waals surface area (Å²) in [5.41, 5.74) is 2.62. The largest absolute Gasteiger partial charge is 0.497 e. The van der Waals surface area contributed by atoms with Crippen molar-refractivity contribution in [1.29, 1.82) is 0 Å². The first-order valence-corrected chi connectivity index (χ1v) is 11.6. The Balaban J connectivity index is 1.47. The average molecular weight is 441 g/mol. The van der Waals surface area contributed by atoms with E-state index in [1.54, 1.807) is 13.2 Å². The Morgan fingerprint density at radius 2 is 2.00 bits per heavy atom. The number of fused-ring (bicyclic) bond motifs is 1. The third-order valence-corrected chi connectivity index (χ3v) is 6.90. The molecule has 1 fully saturated rings. The predicted molar refractivity (Wildman–Crippen MR) is 123 cm³/mol. The second-order valence-electron chi connectivity index (χ2n) is 7.86. The van der Waals surface area contributed by atoms with Crippen molar-refractivity contribution in [1.82, 2.24) is 5.32 Å². The SMILES string of the molecule is COc1ccc(/C=C/C(=O)Nc2sc3c(c2C(=O)NCC2CCCO2)CCCC3)cc1. The molecule has 6 nitrogen and oxygen atoms in total. The third kappa shape index (κ3) is 5.35. The van der Waals surface area contributed by atoms with Gasteiger partial charge in [-0.3, -0.25) is 9.59 Å². The number of rotatable bonds is 7. The lowest BCUT2D eigenvalue weighted by molar-refractivity contribution is -0.111. The number of nitrogens with one attached hydrogen (secondary N) is 2. The molecule has 1 aliphatic carbocycles. The van der Waals surface area contributed by atoms with E-state index >= 15 is 0 Å². The first kappa shape index (κ1) is 21.6. The van der Waals surface area contributed by atoms with Crippen LogP contribution in [0, 0.1) is 0 Å². The number of amides is 2. The van der Waals surface area contributed by atoms with Crippen molar-refractivity contribution < 1.29 is 19.1 Å². The van der Waals surface area contributed by atoms with Crippen molar-refractivity contribution in [2.45, 2.75) is 44.6 Å². The molecule has 2 heterocycles. The lowest BCUT2D eigenvalue weighted by atomic mass is 9.95. The standard InChI is InChI=1S/C24H28N2O4S/c1-29-17-11-8-16(9-12-17)10-13-21(27)26-24-22(19-6-2-3-7-20(19)31-24)23(28)25-15-18-5-4-14-30-18/h8-13,18H,2-7,14-15H2,1H3,(H,25,28)(H,26,27)/b13-10+. The highest BCUT2D eigenvalue weighted by Crippen LogP contribution is 2.38. The van der Waals surface area contributed by atoms with Gasteiger partial charge >= 0.3 is 0 Å². The van der Waals surface area contributed by atoms with Crippen LogP contribution >= 0.6 is 11.3 Å². The van der Waals surface area contributed by atoms with Crippen molar-refractivity contribution >= 4 is 34.2 Å². The van der Waals surface area contributed by atoms with Gasteiger partial charge in [-0.1, -0.05) is 12.1 Å². The molecule has 1 unspecified atom stereocenters. The Hall–Kier alpha value is -2.64. The number of hydrogen-bond donors (Lipinski definition) is 2. The van der Waals surface area contributed by atoms with Crippen LogP contribution in [0.25, 0.3) is 6.08 Å². The van der Waals surface area contributed by atoms with E-state index in [9.17, 15) is 9.59 Å². The number of benzene rings is 1. The Bertz CT molecular complexity index is 959. The summed E-state index contributed by atoms with van der Waals surface area (Å²) in [6.45, 7) is 1.27. The number of ether oxygens (including phenoxy) is 2. The molecule has 0 radical (unpaired) electrons. The van der Waals surface area contributed by atoms with Crippen molar-refractivity contribution in [3.8, 4) is 5.75 Å². The van der Waals surface area contributed by atoms with E-state index in [1.807, 2.05) is 24.3 Å². The van der Waals surface area contributed by atoms with Gasteiger partial charge in [-0.25, -0.2) is 0 Å². The van der Waals surface area contributed by atoms with Crippen LogP contribution in [0.4, 0.5) is 5.00 Å².